The van der Waals surface area contributed by atoms with Crippen LogP contribution in [0.5, 0.6) is 11.5 Å². The quantitative estimate of drug-likeness (QED) is 0.782. The molecule has 7 heteroatoms. The summed E-state index contributed by atoms with van der Waals surface area (Å²) in [6, 6.07) is 14.8. The molecule has 0 amide bonds. The van der Waals surface area contributed by atoms with Crippen LogP contribution in [-0.4, -0.2) is 38.1 Å². The Morgan fingerprint density at radius 3 is 2.76 bits per heavy atom. The molecule has 2 aromatic carbocycles. The van der Waals surface area contributed by atoms with Gasteiger partial charge in [-0.15, -0.1) is 10.2 Å². The van der Waals surface area contributed by atoms with Crippen LogP contribution in [0.2, 0.25) is 0 Å². The van der Waals surface area contributed by atoms with Gasteiger partial charge in [-0.1, -0.05) is 36.0 Å². The molecular weight excluding hydrogens is 336 g/mol. The minimum Gasteiger partial charge on any atom is -0.507 e. The molecule has 2 heterocycles. The van der Waals surface area contributed by atoms with E-state index in [4.69, 9.17) is 9.84 Å². The third kappa shape index (κ3) is 2.76. The van der Waals surface area contributed by atoms with Crippen LogP contribution in [0.4, 0.5) is 0 Å². The smallest absolute Gasteiger partial charge is 0.213 e. The van der Waals surface area contributed by atoms with Gasteiger partial charge in [-0.3, -0.25) is 0 Å². The highest BCUT2D eigenvalue weighted by atomic mass is 32.2. The predicted molar refractivity (Wildman–Crippen MR) is 97.4 cm³/mol. The second kappa shape index (κ2) is 6.25. The molecule has 1 aromatic heterocycles. The lowest BCUT2D eigenvalue weighted by Crippen LogP contribution is -2.21. The number of para-hydroxylation sites is 1. The van der Waals surface area contributed by atoms with Gasteiger partial charge in [0.1, 0.15) is 11.5 Å². The topological polar surface area (TPSA) is 72.5 Å². The summed E-state index contributed by atoms with van der Waals surface area (Å²) in [7, 11) is 1.63. The van der Waals surface area contributed by atoms with E-state index in [1.165, 1.54) is 0 Å². The lowest BCUT2D eigenvalue weighted by molar-refractivity contribution is 0.415. The number of methoxy groups -OCH3 is 1. The number of aromatic nitrogens is 3. The molecule has 1 aliphatic rings. The first-order chi connectivity index (χ1) is 12.2. The summed E-state index contributed by atoms with van der Waals surface area (Å²) in [6.45, 7) is 2.04. The van der Waals surface area contributed by atoms with Gasteiger partial charge in [0, 0.05) is 11.1 Å². The number of thioether (sulfide) groups is 1. The van der Waals surface area contributed by atoms with Crippen LogP contribution in [-0.2, 0) is 0 Å². The van der Waals surface area contributed by atoms with E-state index in [2.05, 4.69) is 10.2 Å². The molecule has 0 saturated heterocycles. The van der Waals surface area contributed by atoms with Crippen molar-refractivity contribution in [1.82, 2.24) is 14.9 Å². The molecule has 0 unspecified atom stereocenters. The molecule has 1 aliphatic heterocycles. The minimum absolute atomic E-state index is 0.0585. The van der Waals surface area contributed by atoms with Crippen molar-refractivity contribution in [3.63, 3.8) is 0 Å². The van der Waals surface area contributed by atoms with Gasteiger partial charge in [-0.25, -0.2) is 0 Å². The Bertz CT molecular complexity index is 967. The Morgan fingerprint density at radius 2 is 1.96 bits per heavy atom. The van der Waals surface area contributed by atoms with Crippen molar-refractivity contribution >= 4 is 17.5 Å². The molecule has 1 atom stereocenters. The number of phenolic OH excluding ortho intramolecular Hbond substituents is 1. The molecule has 0 fully saturated rings. The zero-order valence-corrected chi connectivity index (χ0v) is 14.6. The van der Waals surface area contributed by atoms with E-state index in [1.54, 1.807) is 35.7 Å². The van der Waals surface area contributed by atoms with E-state index in [0.29, 0.717) is 5.82 Å². The molecule has 0 spiro atoms. The van der Waals surface area contributed by atoms with E-state index in [-0.39, 0.29) is 11.0 Å². The van der Waals surface area contributed by atoms with Crippen LogP contribution in [0.1, 0.15) is 12.5 Å². The van der Waals surface area contributed by atoms with Gasteiger partial charge in [0.15, 0.2) is 5.82 Å². The summed E-state index contributed by atoms with van der Waals surface area (Å²) in [6.07, 6.45) is 0. The number of hydrogen-bond acceptors (Lipinski definition) is 6. The summed E-state index contributed by atoms with van der Waals surface area (Å²) in [5.74, 6) is 1.60. The molecule has 0 radical (unpaired) electrons. The van der Waals surface area contributed by atoms with E-state index in [9.17, 15) is 5.11 Å². The van der Waals surface area contributed by atoms with Crippen molar-refractivity contribution in [2.75, 3.05) is 7.11 Å². The average molecular weight is 352 g/mol. The SMILES string of the molecule is COc1cccc(-c2nnc3n2N=C(c2ccccc2O)[C@H](C)S3)c1. The summed E-state index contributed by atoms with van der Waals surface area (Å²) in [5, 5.41) is 24.3. The first-order valence-corrected chi connectivity index (χ1v) is 8.69. The zero-order chi connectivity index (χ0) is 17.4. The highest BCUT2D eigenvalue weighted by molar-refractivity contribution is 8.00. The molecule has 0 saturated carbocycles. The van der Waals surface area contributed by atoms with E-state index in [0.717, 1.165) is 27.7 Å². The number of rotatable bonds is 3. The first-order valence-electron chi connectivity index (χ1n) is 7.81. The van der Waals surface area contributed by atoms with Gasteiger partial charge >= 0.3 is 0 Å². The van der Waals surface area contributed by atoms with Crippen LogP contribution in [0.3, 0.4) is 0 Å². The Balaban J connectivity index is 1.84. The van der Waals surface area contributed by atoms with Crippen molar-refractivity contribution in [3.05, 3.63) is 54.1 Å². The summed E-state index contributed by atoms with van der Waals surface area (Å²) in [5.41, 5.74) is 2.38. The second-order valence-electron chi connectivity index (χ2n) is 5.61. The lowest BCUT2D eigenvalue weighted by Gasteiger charge is -2.20. The Hall–Kier alpha value is -2.80. The maximum absolute atomic E-state index is 10.2. The van der Waals surface area contributed by atoms with Crippen LogP contribution in [0, 0.1) is 0 Å². The monoisotopic (exact) mass is 352 g/mol. The minimum atomic E-state index is 0.0585. The lowest BCUT2D eigenvalue weighted by atomic mass is 10.1. The molecule has 126 valence electrons. The van der Waals surface area contributed by atoms with Crippen molar-refractivity contribution < 1.29 is 9.84 Å². The standard InChI is InChI=1S/C18H16N4O2S/c1-11-16(14-8-3-4-9-15(14)23)21-22-17(19-20-18(22)25-11)12-6-5-7-13(10-12)24-2/h3-11,23H,1-2H3/t11-/m0/s1. The number of hydrogen-bond donors (Lipinski definition) is 1. The fourth-order valence-electron chi connectivity index (χ4n) is 2.74. The number of aromatic hydroxyl groups is 1. The maximum atomic E-state index is 10.2. The van der Waals surface area contributed by atoms with Crippen molar-refractivity contribution in [2.45, 2.75) is 17.3 Å². The van der Waals surface area contributed by atoms with Gasteiger partial charge in [0.2, 0.25) is 5.16 Å². The normalized spacial score (nSPS) is 16.2. The molecule has 1 N–H and O–H groups in total. The van der Waals surface area contributed by atoms with Crippen molar-refractivity contribution in [3.8, 4) is 22.9 Å². The van der Waals surface area contributed by atoms with Gasteiger partial charge in [-0.05, 0) is 31.2 Å². The molecular formula is C18H16N4O2S. The van der Waals surface area contributed by atoms with E-state index < -0.39 is 0 Å². The fraction of sp³-hybridized carbons (Fsp3) is 0.167. The van der Waals surface area contributed by atoms with Gasteiger partial charge in [0.25, 0.3) is 0 Å². The number of ether oxygens (including phenoxy) is 1. The molecule has 4 rings (SSSR count). The molecule has 25 heavy (non-hydrogen) atoms. The number of nitrogens with zero attached hydrogens (tertiary/aromatic N) is 4. The van der Waals surface area contributed by atoms with Gasteiger partial charge in [0.05, 0.1) is 18.1 Å². The highest BCUT2D eigenvalue weighted by Gasteiger charge is 2.27. The number of benzene rings is 2. The third-order valence-corrected chi connectivity index (χ3v) is 5.04. The maximum Gasteiger partial charge on any atom is 0.213 e. The number of phenols is 1. The highest BCUT2D eigenvalue weighted by Crippen LogP contribution is 2.34. The Kier molecular flexibility index (Phi) is 3.93. The molecule has 0 bridgehead atoms. The Labute approximate surface area is 149 Å². The van der Waals surface area contributed by atoms with E-state index in [1.807, 2.05) is 43.3 Å². The van der Waals surface area contributed by atoms with Gasteiger partial charge < -0.3 is 9.84 Å². The predicted octanol–water partition coefficient (Wildman–Crippen LogP) is 3.41. The average Bonchev–Trinajstić information content (AvgIpc) is 3.04. The van der Waals surface area contributed by atoms with Crippen LogP contribution in [0.15, 0.2) is 58.8 Å². The molecule has 6 nitrogen and oxygen atoms in total. The molecule has 3 aromatic rings. The largest absolute Gasteiger partial charge is 0.507 e. The van der Waals surface area contributed by atoms with Crippen molar-refractivity contribution in [2.24, 2.45) is 5.10 Å². The summed E-state index contributed by atoms with van der Waals surface area (Å²) < 4.78 is 7.01. The van der Waals surface area contributed by atoms with Crippen LogP contribution in [0.25, 0.3) is 11.4 Å². The second-order valence-corrected chi connectivity index (χ2v) is 6.92. The first kappa shape index (κ1) is 15.7. The van der Waals surface area contributed by atoms with Crippen LogP contribution >= 0.6 is 11.8 Å². The van der Waals surface area contributed by atoms with Crippen LogP contribution < -0.4 is 4.74 Å². The Morgan fingerprint density at radius 1 is 1.12 bits per heavy atom. The molecule has 0 aliphatic carbocycles. The van der Waals surface area contributed by atoms with Crippen molar-refractivity contribution in [1.29, 1.82) is 0 Å². The summed E-state index contributed by atoms with van der Waals surface area (Å²) >= 11 is 1.57. The summed E-state index contributed by atoms with van der Waals surface area (Å²) in [4.78, 5) is 0. The van der Waals surface area contributed by atoms with Gasteiger partial charge in [-0.2, -0.15) is 9.78 Å². The number of fused-ring (bicyclic) bond motifs is 1. The fourth-order valence-corrected chi connectivity index (χ4v) is 3.65. The van der Waals surface area contributed by atoms with E-state index >= 15 is 0 Å². The zero-order valence-electron chi connectivity index (χ0n) is 13.7. The third-order valence-electron chi connectivity index (χ3n) is 4.00.